The number of carbonyl (C=O) groups is 2. The molecule has 0 amide bonds. The van der Waals surface area contributed by atoms with Crippen molar-refractivity contribution in [2.75, 3.05) is 13.2 Å². The summed E-state index contributed by atoms with van der Waals surface area (Å²) in [6.07, 6.45) is 10.7. The first-order chi connectivity index (χ1) is 12.0. The average molecular weight is 359 g/mol. The number of unbranched alkanes of at least 4 members (excludes halogenated alkanes) is 8. The van der Waals surface area contributed by atoms with Crippen LogP contribution in [-0.2, 0) is 19.1 Å². The number of ether oxygens (including phenoxy) is 2. The lowest BCUT2D eigenvalue weighted by molar-refractivity contribution is -0.151. The Labute approximate surface area is 153 Å². The van der Waals surface area contributed by atoms with E-state index in [9.17, 15) is 14.7 Å². The van der Waals surface area contributed by atoms with Gasteiger partial charge in [-0.2, -0.15) is 0 Å². The molecule has 0 saturated carbocycles. The summed E-state index contributed by atoms with van der Waals surface area (Å²) in [6.45, 7) is 6.16. The molecular weight excluding hydrogens is 320 g/mol. The molecule has 2 unspecified atom stereocenters. The third-order valence-electron chi connectivity index (χ3n) is 4.42. The first-order valence-corrected chi connectivity index (χ1v) is 10.0. The fraction of sp³-hybridized carbons (Fsp3) is 0.900. The van der Waals surface area contributed by atoms with Crippen molar-refractivity contribution in [1.29, 1.82) is 0 Å². The fourth-order valence-corrected chi connectivity index (χ4v) is 2.77. The van der Waals surface area contributed by atoms with Crippen molar-refractivity contribution < 1.29 is 24.2 Å². The van der Waals surface area contributed by atoms with Gasteiger partial charge in [0.05, 0.1) is 25.2 Å². The lowest BCUT2D eigenvalue weighted by Crippen LogP contribution is -2.27. The zero-order valence-electron chi connectivity index (χ0n) is 16.4. The highest BCUT2D eigenvalue weighted by atomic mass is 16.5. The number of rotatable bonds is 16. The van der Waals surface area contributed by atoms with E-state index in [-0.39, 0.29) is 11.9 Å². The van der Waals surface area contributed by atoms with Gasteiger partial charge in [-0.1, -0.05) is 51.4 Å². The molecule has 0 aromatic heterocycles. The van der Waals surface area contributed by atoms with Crippen LogP contribution in [0.25, 0.3) is 0 Å². The van der Waals surface area contributed by atoms with Gasteiger partial charge in [0.1, 0.15) is 0 Å². The highest BCUT2D eigenvalue weighted by Gasteiger charge is 2.22. The number of carbonyl (C=O) groups excluding carboxylic acids is 2. The first kappa shape index (κ1) is 23.9. The molecule has 5 heteroatoms. The second-order valence-corrected chi connectivity index (χ2v) is 6.63. The summed E-state index contributed by atoms with van der Waals surface area (Å²) in [5.41, 5.74) is 0. The quantitative estimate of drug-likeness (QED) is 0.327. The van der Waals surface area contributed by atoms with E-state index in [0.717, 1.165) is 25.7 Å². The lowest BCUT2D eigenvalue weighted by atomic mass is 9.98. The van der Waals surface area contributed by atoms with Crippen LogP contribution < -0.4 is 0 Å². The predicted octanol–water partition coefficient (Wildman–Crippen LogP) is 4.40. The number of aliphatic hydroxyl groups is 1. The number of esters is 2. The van der Waals surface area contributed by atoms with Crippen LogP contribution in [0.5, 0.6) is 0 Å². The number of hydrogen-bond acceptors (Lipinski definition) is 5. The molecule has 25 heavy (non-hydrogen) atoms. The Morgan fingerprint density at radius 2 is 1.28 bits per heavy atom. The summed E-state index contributed by atoms with van der Waals surface area (Å²) in [4.78, 5) is 22.7. The molecule has 2 atom stereocenters. The molecule has 0 aromatic rings. The predicted molar refractivity (Wildman–Crippen MR) is 99.2 cm³/mol. The molecule has 0 fully saturated rings. The molecule has 0 saturated heterocycles. The minimum Gasteiger partial charge on any atom is -0.466 e. The Bertz CT molecular complexity index is 343. The largest absolute Gasteiger partial charge is 0.466 e. The van der Waals surface area contributed by atoms with E-state index in [2.05, 4.69) is 0 Å². The first-order valence-electron chi connectivity index (χ1n) is 10.0. The van der Waals surface area contributed by atoms with E-state index in [0.29, 0.717) is 26.1 Å². The molecule has 0 aliphatic carbocycles. The van der Waals surface area contributed by atoms with Gasteiger partial charge in [0, 0.05) is 6.42 Å². The molecule has 5 nitrogen and oxygen atoms in total. The molecule has 0 aliphatic rings. The second kappa shape index (κ2) is 16.4. The molecule has 0 bridgehead atoms. The molecule has 148 valence electrons. The summed E-state index contributed by atoms with van der Waals surface area (Å²) in [7, 11) is 0. The van der Waals surface area contributed by atoms with Crippen molar-refractivity contribution in [2.45, 2.75) is 97.5 Å². The van der Waals surface area contributed by atoms with E-state index >= 15 is 0 Å². The lowest BCUT2D eigenvalue weighted by Gasteiger charge is -2.17. The molecular formula is C20H38O5. The minimum absolute atomic E-state index is 0.0815. The van der Waals surface area contributed by atoms with E-state index in [1.165, 1.54) is 32.1 Å². The van der Waals surface area contributed by atoms with Crippen molar-refractivity contribution in [1.82, 2.24) is 0 Å². The summed E-state index contributed by atoms with van der Waals surface area (Å²) >= 11 is 0. The Balaban J connectivity index is 3.38. The van der Waals surface area contributed by atoms with E-state index in [1.807, 2.05) is 6.92 Å². The number of hydrogen-bond donors (Lipinski definition) is 1. The Morgan fingerprint density at radius 3 is 1.80 bits per heavy atom. The Hall–Kier alpha value is -1.10. The molecule has 0 heterocycles. The van der Waals surface area contributed by atoms with Gasteiger partial charge in [-0.25, -0.2) is 0 Å². The second-order valence-electron chi connectivity index (χ2n) is 6.63. The van der Waals surface area contributed by atoms with Crippen LogP contribution >= 0.6 is 0 Å². The zero-order valence-corrected chi connectivity index (χ0v) is 16.4. The van der Waals surface area contributed by atoms with Gasteiger partial charge in [-0.3, -0.25) is 9.59 Å². The normalized spacial score (nSPS) is 13.3. The third kappa shape index (κ3) is 13.8. The fourth-order valence-electron chi connectivity index (χ4n) is 2.77. The molecule has 0 rings (SSSR count). The highest BCUT2D eigenvalue weighted by molar-refractivity contribution is 5.72. The highest BCUT2D eigenvalue weighted by Crippen LogP contribution is 2.15. The van der Waals surface area contributed by atoms with E-state index < -0.39 is 12.0 Å². The van der Waals surface area contributed by atoms with Crippen LogP contribution in [0.4, 0.5) is 0 Å². The van der Waals surface area contributed by atoms with Crippen LogP contribution in [-0.4, -0.2) is 36.4 Å². The standard InChI is InChI=1S/C20H38O5/c1-4-24-19(22)16-14-12-10-8-6-7-9-11-13-15-18(21)17(3)20(23)25-5-2/h17-18,21H,4-16H2,1-3H3. The van der Waals surface area contributed by atoms with Gasteiger partial charge in [0.25, 0.3) is 0 Å². The smallest absolute Gasteiger partial charge is 0.311 e. The summed E-state index contributed by atoms with van der Waals surface area (Å²) in [6, 6.07) is 0. The zero-order chi connectivity index (χ0) is 18.9. The van der Waals surface area contributed by atoms with Crippen LogP contribution in [0.15, 0.2) is 0 Å². The maximum atomic E-state index is 11.5. The van der Waals surface area contributed by atoms with Gasteiger partial charge in [-0.15, -0.1) is 0 Å². The summed E-state index contributed by atoms with van der Waals surface area (Å²) in [5.74, 6) is -0.825. The van der Waals surface area contributed by atoms with Gasteiger partial charge in [-0.05, 0) is 33.6 Å². The molecule has 0 radical (unpaired) electrons. The van der Waals surface area contributed by atoms with Crippen molar-refractivity contribution in [3.8, 4) is 0 Å². The van der Waals surface area contributed by atoms with Crippen molar-refractivity contribution in [3.63, 3.8) is 0 Å². The van der Waals surface area contributed by atoms with Crippen LogP contribution in [0.3, 0.4) is 0 Å². The monoisotopic (exact) mass is 358 g/mol. The summed E-state index contributed by atoms with van der Waals surface area (Å²) in [5, 5.41) is 9.98. The topological polar surface area (TPSA) is 72.8 Å². The number of aliphatic hydroxyl groups excluding tert-OH is 1. The van der Waals surface area contributed by atoms with Gasteiger partial charge in [0.2, 0.25) is 0 Å². The maximum absolute atomic E-state index is 11.5. The maximum Gasteiger partial charge on any atom is 0.311 e. The van der Waals surface area contributed by atoms with Crippen LogP contribution in [0.2, 0.25) is 0 Å². The molecule has 0 spiro atoms. The Kier molecular flexibility index (Phi) is 15.7. The van der Waals surface area contributed by atoms with Crippen LogP contribution in [0, 0.1) is 5.92 Å². The summed E-state index contributed by atoms with van der Waals surface area (Å²) < 4.78 is 9.82. The third-order valence-corrected chi connectivity index (χ3v) is 4.42. The molecule has 0 aromatic carbocycles. The van der Waals surface area contributed by atoms with Gasteiger partial charge >= 0.3 is 11.9 Å². The van der Waals surface area contributed by atoms with E-state index in [4.69, 9.17) is 9.47 Å². The van der Waals surface area contributed by atoms with E-state index in [1.54, 1.807) is 13.8 Å². The van der Waals surface area contributed by atoms with Gasteiger partial charge < -0.3 is 14.6 Å². The minimum atomic E-state index is -0.599. The van der Waals surface area contributed by atoms with Crippen molar-refractivity contribution in [2.24, 2.45) is 5.92 Å². The average Bonchev–Trinajstić information content (AvgIpc) is 2.59. The SMILES string of the molecule is CCOC(=O)CCCCCCCCCCCC(O)C(C)C(=O)OCC. The molecule has 0 aliphatic heterocycles. The molecule has 1 N–H and O–H groups in total. The Morgan fingerprint density at radius 1 is 0.800 bits per heavy atom. The van der Waals surface area contributed by atoms with Crippen molar-refractivity contribution in [3.05, 3.63) is 0 Å². The van der Waals surface area contributed by atoms with Crippen LogP contribution in [0.1, 0.15) is 91.4 Å². The van der Waals surface area contributed by atoms with Gasteiger partial charge in [0.15, 0.2) is 0 Å². The van der Waals surface area contributed by atoms with Crippen molar-refractivity contribution >= 4 is 11.9 Å².